The summed E-state index contributed by atoms with van der Waals surface area (Å²) in [6, 6.07) is 2.22. The van der Waals surface area contributed by atoms with Gasteiger partial charge in [-0.05, 0) is 48.8 Å². The van der Waals surface area contributed by atoms with Crippen molar-refractivity contribution in [3.63, 3.8) is 0 Å². The van der Waals surface area contributed by atoms with E-state index in [-0.39, 0.29) is 0 Å². The summed E-state index contributed by atoms with van der Waals surface area (Å²) >= 11 is 1.82. The van der Waals surface area contributed by atoms with Crippen molar-refractivity contribution >= 4 is 22.7 Å². The molecule has 1 nitrogen and oxygen atoms in total. The molecule has 1 atom stereocenters. The SMILES string of the molecule is CC1=CC(C2CCCCC2)c2sc(C(=O)CC3CCCCC3)cc21. The van der Waals surface area contributed by atoms with Crippen molar-refractivity contribution in [1.29, 1.82) is 0 Å². The van der Waals surface area contributed by atoms with E-state index in [9.17, 15) is 4.79 Å². The van der Waals surface area contributed by atoms with Crippen molar-refractivity contribution in [3.8, 4) is 0 Å². The molecule has 0 radical (unpaired) electrons. The second-order valence-corrected chi connectivity index (χ2v) is 9.38. The number of fused-ring (bicyclic) bond motifs is 1. The van der Waals surface area contributed by atoms with Crippen LogP contribution >= 0.6 is 11.3 Å². The minimum Gasteiger partial charge on any atom is -0.293 e. The van der Waals surface area contributed by atoms with E-state index in [1.165, 1.54) is 80.2 Å². The number of carbonyl (C=O) groups is 1. The van der Waals surface area contributed by atoms with E-state index in [1.807, 2.05) is 11.3 Å². The first-order valence-corrected chi connectivity index (χ1v) is 10.9. The maximum atomic E-state index is 12.8. The number of ketones is 1. The molecule has 0 N–H and O–H groups in total. The lowest BCUT2D eigenvalue weighted by Gasteiger charge is -2.26. The van der Waals surface area contributed by atoms with Crippen molar-refractivity contribution < 1.29 is 4.79 Å². The highest BCUT2D eigenvalue weighted by Gasteiger charge is 2.32. The quantitative estimate of drug-likeness (QED) is 0.539. The van der Waals surface area contributed by atoms with Crippen molar-refractivity contribution in [2.75, 3.05) is 0 Å². The first-order valence-electron chi connectivity index (χ1n) is 10.1. The molecule has 130 valence electrons. The number of hydrogen-bond donors (Lipinski definition) is 0. The molecule has 24 heavy (non-hydrogen) atoms. The highest BCUT2D eigenvalue weighted by molar-refractivity contribution is 7.14. The van der Waals surface area contributed by atoms with Crippen LogP contribution in [0.4, 0.5) is 0 Å². The van der Waals surface area contributed by atoms with Gasteiger partial charge in [-0.2, -0.15) is 0 Å². The Bertz CT molecular complexity index is 626. The lowest BCUT2D eigenvalue weighted by Crippen LogP contribution is -2.13. The molecular formula is C22H30OS. The van der Waals surface area contributed by atoms with E-state index in [2.05, 4.69) is 19.1 Å². The van der Waals surface area contributed by atoms with Gasteiger partial charge in [0.05, 0.1) is 4.88 Å². The Morgan fingerprint density at radius 2 is 1.71 bits per heavy atom. The van der Waals surface area contributed by atoms with Crippen molar-refractivity contribution in [1.82, 2.24) is 0 Å². The van der Waals surface area contributed by atoms with Gasteiger partial charge in [-0.15, -0.1) is 11.3 Å². The first-order chi connectivity index (χ1) is 11.7. The highest BCUT2D eigenvalue weighted by atomic mass is 32.1. The molecule has 1 aromatic rings. The van der Waals surface area contributed by atoms with Crippen LogP contribution in [0.25, 0.3) is 5.57 Å². The zero-order chi connectivity index (χ0) is 16.5. The zero-order valence-electron chi connectivity index (χ0n) is 15.0. The molecule has 0 amide bonds. The van der Waals surface area contributed by atoms with E-state index in [0.717, 1.165) is 17.2 Å². The Labute approximate surface area is 150 Å². The second kappa shape index (κ2) is 7.15. The van der Waals surface area contributed by atoms with Crippen LogP contribution in [0.3, 0.4) is 0 Å². The molecule has 0 spiro atoms. The average molecular weight is 343 g/mol. The first kappa shape index (κ1) is 16.6. The smallest absolute Gasteiger partial charge is 0.173 e. The standard InChI is InChI=1S/C22H30OS/c1-15-12-19(17-10-6-3-7-11-17)22-18(15)14-21(24-22)20(23)13-16-8-4-2-5-9-16/h12,14,16-17,19H,2-11,13H2,1H3. The fourth-order valence-electron chi connectivity index (χ4n) is 5.13. The van der Waals surface area contributed by atoms with Gasteiger partial charge in [-0.25, -0.2) is 0 Å². The molecule has 0 aromatic carbocycles. The molecule has 4 rings (SSSR count). The summed E-state index contributed by atoms with van der Waals surface area (Å²) in [7, 11) is 0. The maximum absolute atomic E-state index is 12.8. The molecule has 0 bridgehead atoms. The predicted octanol–water partition coefficient (Wildman–Crippen LogP) is 6.98. The normalized spacial score (nSPS) is 25.5. The van der Waals surface area contributed by atoms with Gasteiger partial charge in [-0.3, -0.25) is 4.79 Å². The fourth-order valence-corrected chi connectivity index (χ4v) is 6.47. The number of rotatable bonds is 4. The molecule has 3 aliphatic carbocycles. The summed E-state index contributed by atoms with van der Waals surface area (Å²) in [4.78, 5) is 15.3. The highest BCUT2D eigenvalue weighted by Crippen LogP contribution is 2.48. The Kier molecular flexibility index (Phi) is 4.94. The van der Waals surface area contributed by atoms with Crippen molar-refractivity contribution in [2.24, 2.45) is 11.8 Å². The van der Waals surface area contributed by atoms with Gasteiger partial charge >= 0.3 is 0 Å². The molecule has 3 aliphatic rings. The summed E-state index contributed by atoms with van der Waals surface area (Å²) < 4.78 is 0. The Morgan fingerprint density at radius 1 is 1.04 bits per heavy atom. The molecule has 2 heteroatoms. The van der Waals surface area contributed by atoms with Gasteiger partial charge in [0.2, 0.25) is 0 Å². The number of thiophene rings is 1. The Balaban J connectivity index is 1.50. The van der Waals surface area contributed by atoms with Crippen LogP contribution in [0.5, 0.6) is 0 Å². The fraction of sp³-hybridized carbons (Fsp3) is 0.682. The van der Waals surface area contributed by atoms with E-state index in [4.69, 9.17) is 0 Å². The molecular weight excluding hydrogens is 312 g/mol. The minimum absolute atomic E-state index is 0.413. The predicted molar refractivity (Wildman–Crippen MR) is 103 cm³/mol. The Morgan fingerprint density at radius 3 is 2.42 bits per heavy atom. The number of Topliss-reactive ketones (excluding diaryl/α,β-unsaturated/α-hetero) is 1. The topological polar surface area (TPSA) is 17.1 Å². The van der Waals surface area contributed by atoms with Gasteiger partial charge in [-0.1, -0.05) is 57.4 Å². The molecule has 0 saturated heterocycles. The van der Waals surface area contributed by atoms with Crippen LogP contribution in [0, 0.1) is 11.8 Å². The van der Waals surface area contributed by atoms with Gasteiger partial charge < -0.3 is 0 Å². The summed E-state index contributed by atoms with van der Waals surface area (Å²) in [5.41, 5.74) is 2.80. The number of allylic oxidation sites excluding steroid dienone is 2. The molecule has 1 unspecified atom stereocenters. The van der Waals surface area contributed by atoms with Crippen LogP contribution in [-0.2, 0) is 0 Å². The molecule has 0 aliphatic heterocycles. The number of hydrogen-bond acceptors (Lipinski definition) is 2. The Hall–Kier alpha value is -0.890. The van der Waals surface area contributed by atoms with Crippen LogP contribution in [0.2, 0.25) is 0 Å². The minimum atomic E-state index is 0.413. The van der Waals surface area contributed by atoms with E-state index >= 15 is 0 Å². The van der Waals surface area contributed by atoms with Crippen molar-refractivity contribution in [3.05, 3.63) is 27.5 Å². The molecule has 2 saturated carbocycles. The van der Waals surface area contributed by atoms with E-state index in [1.54, 1.807) is 0 Å². The van der Waals surface area contributed by atoms with Crippen molar-refractivity contribution in [2.45, 2.75) is 83.5 Å². The molecule has 2 fully saturated rings. The molecule has 1 heterocycles. The summed E-state index contributed by atoms with van der Waals surface area (Å²) in [5, 5.41) is 0. The third-order valence-corrected chi connectivity index (χ3v) is 7.83. The van der Waals surface area contributed by atoms with Crippen LogP contribution in [0.15, 0.2) is 12.1 Å². The lowest BCUT2D eigenvalue weighted by atomic mass is 9.80. The average Bonchev–Trinajstić information content (AvgIpc) is 3.18. The van der Waals surface area contributed by atoms with Crippen LogP contribution in [-0.4, -0.2) is 5.78 Å². The molecule has 1 aromatic heterocycles. The lowest BCUT2D eigenvalue weighted by molar-refractivity contribution is 0.0954. The summed E-state index contributed by atoms with van der Waals surface area (Å²) in [5.74, 6) is 2.47. The van der Waals surface area contributed by atoms with Gasteiger partial charge in [0.15, 0.2) is 5.78 Å². The van der Waals surface area contributed by atoms with Crippen LogP contribution < -0.4 is 0 Å². The zero-order valence-corrected chi connectivity index (χ0v) is 15.8. The van der Waals surface area contributed by atoms with E-state index in [0.29, 0.717) is 17.6 Å². The van der Waals surface area contributed by atoms with Gasteiger partial charge in [0, 0.05) is 17.2 Å². The maximum Gasteiger partial charge on any atom is 0.173 e. The third-order valence-electron chi connectivity index (χ3n) is 6.55. The monoisotopic (exact) mass is 342 g/mol. The third kappa shape index (κ3) is 3.27. The van der Waals surface area contributed by atoms with Gasteiger partial charge in [0.25, 0.3) is 0 Å². The summed E-state index contributed by atoms with van der Waals surface area (Å²) in [6.07, 6.45) is 16.8. The van der Waals surface area contributed by atoms with E-state index < -0.39 is 0 Å². The largest absolute Gasteiger partial charge is 0.293 e. The number of carbonyl (C=O) groups excluding carboxylic acids is 1. The van der Waals surface area contributed by atoms with Gasteiger partial charge in [0.1, 0.15) is 0 Å². The summed E-state index contributed by atoms with van der Waals surface area (Å²) in [6.45, 7) is 2.24. The second-order valence-electron chi connectivity index (χ2n) is 8.29. The van der Waals surface area contributed by atoms with Crippen LogP contribution in [0.1, 0.15) is 104 Å².